The second-order valence-corrected chi connectivity index (χ2v) is 10.6. The van der Waals surface area contributed by atoms with E-state index >= 15 is 0 Å². The Labute approximate surface area is 222 Å². The van der Waals surface area contributed by atoms with Crippen molar-refractivity contribution in [2.45, 2.75) is 91.9 Å². The van der Waals surface area contributed by atoms with E-state index in [0.29, 0.717) is 23.6 Å². The highest BCUT2D eigenvalue weighted by Crippen LogP contribution is 2.41. The fourth-order valence-corrected chi connectivity index (χ4v) is 5.26. The third-order valence-electron chi connectivity index (χ3n) is 7.85. The van der Waals surface area contributed by atoms with Gasteiger partial charge in [0.2, 0.25) is 0 Å². The molecule has 0 fully saturated rings. The molecule has 0 saturated heterocycles. The zero-order valence-corrected chi connectivity index (χ0v) is 23.1. The minimum Gasteiger partial charge on any atom is -0.507 e. The molecule has 0 bridgehead atoms. The summed E-state index contributed by atoms with van der Waals surface area (Å²) in [4.78, 5) is 26.6. The van der Waals surface area contributed by atoms with E-state index in [-0.39, 0.29) is 33.8 Å². The first-order chi connectivity index (χ1) is 18.1. The first-order valence-electron chi connectivity index (χ1n) is 13.7. The van der Waals surface area contributed by atoms with Crippen LogP contribution in [0.2, 0.25) is 0 Å². The van der Waals surface area contributed by atoms with Gasteiger partial charge < -0.3 is 19.0 Å². The minimum atomic E-state index is -0.879. The number of hydrogen-bond acceptors (Lipinski definition) is 6. The Morgan fingerprint density at radius 3 is 1.47 bits per heavy atom. The van der Waals surface area contributed by atoms with E-state index in [0.717, 1.165) is 41.5 Å². The van der Waals surface area contributed by atoms with Crippen LogP contribution in [0.4, 0.5) is 0 Å². The normalized spacial score (nSPS) is 11.7. The summed E-state index contributed by atoms with van der Waals surface area (Å²) < 4.78 is 11.3. The van der Waals surface area contributed by atoms with Crippen LogP contribution < -0.4 is 11.3 Å². The summed E-state index contributed by atoms with van der Waals surface area (Å²) in [6.45, 7) is 9.84. The van der Waals surface area contributed by atoms with E-state index in [1.54, 1.807) is 24.3 Å². The van der Waals surface area contributed by atoms with Gasteiger partial charge in [-0.2, -0.15) is 0 Å². The Hall–Kier alpha value is -3.54. The second kappa shape index (κ2) is 11.5. The largest absolute Gasteiger partial charge is 0.507 e. The van der Waals surface area contributed by atoms with Crippen molar-refractivity contribution in [2.24, 2.45) is 0 Å². The molecular weight excluding hydrogens is 480 g/mol. The lowest BCUT2D eigenvalue weighted by molar-refractivity contribution is 0.426. The van der Waals surface area contributed by atoms with Gasteiger partial charge in [0.15, 0.2) is 0 Å². The van der Waals surface area contributed by atoms with Gasteiger partial charge >= 0.3 is 11.3 Å². The van der Waals surface area contributed by atoms with E-state index in [1.165, 1.54) is 19.3 Å². The zero-order valence-electron chi connectivity index (χ0n) is 23.1. The summed E-state index contributed by atoms with van der Waals surface area (Å²) in [5, 5.41) is 23.6. The van der Waals surface area contributed by atoms with Gasteiger partial charge in [-0.15, -0.1) is 0 Å². The third kappa shape index (κ3) is 5.35. The topological polar surface area (TPSA) is 101 Å². The summed E-state index contributed by atoms with van der Waals surface area (Å²) in [6.07, 6.45) is 7.74. The van der Waals surface area contributed by atoms with Crippen LogP contribution in [-0.2, 0) is 0 Å². The molecular formula is C32H38O6. The molecule has 6 heteroatoms. The molecule has 0 radical (unpaired) electrons. The van der Waals surface area contributed by atoms with Gasteiger partial charge in [0, 0.05) is 5.92 Å². The highest BCUT2D eigenvalue weighted by molar-refractivity contribution is 5.88. The molecule has 0 atom stereocenters. The van der Waals surface area contributed by atoms with Crippen LogP contribution in [0, 0.1) is 27.7 Å². The van der Waals surface area contributed by atoms with Gasteiger partial charge in [-0.1, -0.05) is 51.9 Å². The molecule has 0 aliphatic carbocycles. The van der Waals surface area contributed by atoms with Gasteiger partial charge in [-0.05, 0) is 80.6 Å². The molecule has 0 aliphatic heterocycles. The predicted molar refractivity (Wildman–Crippen MR) is 152 cm³/mol. The van der Waals surface area contributed by atoms with Gasteiger partial charge in [-0.3, -0.25) is 0 Å². The number of fused-ring (bicyclic) bond motifs is 2. The van der Waals surface area contributed by atoms with E-state index < -0.39 is 17.2 Å². The van der Waals surface area contributed by atoms with Gasteiger partial charge in [0.05, 0.1) is 21.9 Å². The van der Waals surface area contributed by atoms with Crippen LogP contribution >= 0.6 is 0 Å². The monoisotopic (exact) mass is 518 g/mol. The zero-order chi connectivity index (χ0) is 27.6. The van der Waals surface area contributed by atoms with Crippen LogP contribution in [0.25, 0.3) is 21.9 Å². The lowest BCUT2D eigenvalue weighted by atomic mass is 9.85. The summed E-state index contributed by atoms with van der Waals surface area (Å²) in [7, 11) is 0. The van der Waals surface area contributed by atoms with Crippen molar-refractivity contribution in [3.8, 4) is 11.5 Å². The molecule has 2 N–H and O–H groups in total. The van der Waals surface area contributed by atoms with Crippen LogP contribution in [0.15, 0.2) is 42.7 Å². The fraction of sp³-hybridized carbons (Fsp3) is 0.438. The molecule has 0 saturated carbocycles. The van der Waals surface area contributed by atoms with E-state index in [2.05, 4.69) is 6.92 Å². The minimum absolute atomic E-state index is 0.0162. The molecule has 0 amide bonds. The van der Waals surface area contributed by atoms with Crippen LogP contribution in [0.3, 0.4) is 0 Å². The third-order valence-corrected chi connectivity index (χ3v) is 7.85. The summed E-state index contributed by atoms with van der Waals surface area (Å²) in [5.41, 5.74) is 2.86. The van der Waals surface area contributed by atoms with Crippen molar-refractivity contribution in [1.29, 1.82) is 0 Å². The Bertz CT molecular complexity index is 1480. The van der Waals surface area contributed by atoms with Crippen molar-refractivity contribution in [3.63, 3.8) is 0 Å². The van der Waals surface area contributed by atoms with Crippen molar-refractivity contribution in [1.82, 2.24) is 0 Å². The standard InChI is InChI=1S/C32H38O6/c1-6-7-8-9-10-11-12-13-22(27-29(33)23-14-18(2)20(4)16-25(23)37-31(27)35)28-30(34)24-15-19(3)21(5)17-26(24)38-32(28)36/h14-17,22,33-34H,6-13H2,1-5H3. The highest BCUT2D eigenvalue weighted by atomic mass is 16.4. The molecule has 2 aromatic heterocycles. The Morgan fingerprint density at radius 2 is 1.03 bits per heavy atom. The number of aryl methyl sites for hydroxylation is 4. The van der Waals surface area contributed by atoms with Crippen molar-refractivity contribution >= 4 is 21.9 Å². The average molecular weight is 519 g/mol. The molecule has 0 spiro atoms. The molecule has 6 nitrogen and oxygen atoms in total. The molecule has 2 heterocycles. The smallest absolute Gasteiger partial charge is 0.343 e. The molecule has 38 heavy (non-hydrogen) atoms. The SMILES string of the molecule is CCCCCCCCCC(c1c(O)c2cc(C)c(C)cc2oc1=O)c1c(O)c2cc(C)c(C)cc2oc1=O. The van der Waals surface area contributed by atoms with E-state index in [4.69, 9.17) is 8.83 Å². The number of rotatable bonds is 10. The first kappa shape index (κ1) is 27.5. The molecule has 0 aliphatic rings. The highest BCUT2D eigenvalue weighted by Gasteiger charge is 2.31. The fourth-order valence-electron chi connectivity index (χ4n) is 5.26. The second-order valence-electron chi connectivity index (χ2n) is 10.6. The quantitative estimate of drug-likeness (QED) is 0.164. The maximum Gasteiger partial charge on any atom is 0.343 e. The summed E-state index contributed by atoms with van der Waals surface area (Å²) in [5.74, 6) is -1.31. The molecule has 4 rings (SSSR count). The van der Waals surface area contributed by atoms with Gasteiger partial charge in [-0.25, -0.2) is 9.59 Å². The van der Waals surface area contributed by atoms with Crippen LogP contribution in [0.1, 0.15) is 97.6 Å². The van der Waals surface area contributed by atoms with Crippen molar-refractivity contribution in [3.05, 3.63) is 78.5 Å². The first-order valence-corrected chi connectivity index (χ1v) is 13.7. The molecule has 4 aromatic rings. The molecule has 2 aromatic carbocycles. The Balaban J connectivity index is 1.86. The summed E-state index contributed by atoms with van der Waals surface area (Å²) >= 11 is 0. The van der Waals surface area contributed by atoms with Gasteiger partial charge in [0.25, 0.3) is 0 Å². The lowest BCUT2D eigenvalue weighted by Crippen LogP contribution is -2.20. The number of unbranched alkanes of at least 4 members (excludes halogenated alkanes) is 6. The maximum atomic E-state index is 13.3. The Kier molecular flexibility index (Phi) is 8.29. The van der Waals surface area contributed by atoms with Crippen molar-refractivity contribution < 1.29 is 19.0 Å². The number of benzene rings is 2. The van der Waals surface area contributed by atoms with E-state index in [9.17, 15) is 19.8 Å². The van der Waals surface area contributed by atoms with Crippen LogP contribution in [-0.4, -0.2) is 10.2 Å². The number of hydrogen-bond donors (Lipinski definition) is 2. The van der Waals surface area contributed by atoms with E-state index in [1.807, 2.05) is 27.7 Å². The lowest BCUT2D eigenvalue weighted by Gasteiger charge is -2.20. The number of aromatic hydroxyl groups is 2. The average Bonchev–Trinajstić information content (AvgIpc) is 2.86. The molecule has 0 unspecified atom stereocenters. The Morgan fingerprint density at radius 1 is 0.632 bits per heavy atom. The van der Waals surface area contributed by atoms with Crippen LogP contribution in [0.5, 0.6) is 11.5 Å². The van der Waals surface area contributed by atoms with Crippen molar-refractivity contribution in [2.75, 3.05) is 0 Å². The van der Waals surface area contributed by atoms with Gasteiger partial charge in [0.1, 0.15) is 22.7 Å². The predicted octanol–water partition coefficient (Wildman–Crippen LogP) is 7.82. The molecule has 202 valence electrons. The maximum absolute atomic E-state index is 13.3. The summed E-state index contributed by atoms with van der Waals surface area (Å²) in [6, 6.07) is 7.03.